The minimum Gasteiger partial charge on any atom is -0.332 e. The Hall–Kier alpha value is -1.65. The summed E-state index contributed by atoms with van der Waals surface area (Å²) in [7, 11) is 0. The van der Waals surface area contributed by atoms with Crippen LogP contribution in [0.4, 0.5) is 0 Å². The van der Waals surface area contributed by atoms with Gasteiger partial charge < -0.3 is 10.2 Å². The minimum atomic E-state index is 0.153. The summed E-state index contributed by atoms with van der Waals surface area (Å²) in [4.78, 5) is 17.1. The molecular formula is C19H26N2OS. The monoisotopic (exact) mass is 330 g/mol. The van der Waals surface area contributed by atoms with Crippen LogP contribution in [0.15, 0.2) is 42.5 Å². The molecule has 1 amide bonds. The maximum absolute atomic E-state index is 12.6. The maximum atomic E-state index is 12.6. The van der Waals surface area contributed by atoms with E-state index in [0.717, 1.165) is 12.0 Å². The number of hydrogen-bond acceptors (Lipinski definition) is 3. The molecule has 0 aliphatic rings. The summed E-state index contributed by atoms with van der Waals surface area (Å²) < 4.78 is 0. The van der Waals surface area contributed by atoms with Crippen LogP contribution < -0.4 is 5.32 Å². The summed E-state index contributed by atoms with van der Waals surface area (Å²) in [6, 6.07) is 14.8. The predicted octanol–water partition coefficient (Wildman–Crippen LogP) is 3.97. The van der Waals surface area contributed by atoms with Crippen molar-refractivity contribution >= 4 is 17.2 Å². The second-order valence-electron chi connectivity index (χ2n) is 5.94. The molecule has 0 bridgehead atoms. The number of aryl methyl sites for hydroxylation is 1. The van der Waals surface area contributed by atoms with Gasteiger partial charge >= 0.3 is 0 Å². The van der Waals surface area contributed by atoms with Crippen molar-refractivity contribution in [3.05, 3.63) is 57.8 Å². The normalized spacial score (nSPS) is 12.1. The van der Waals surface area contributed by atoms with E-state index in [1.807, 2.05) is 23.1 Å². The Kier molecular flexibility index (Phi) is 6.81. The van der Waals surface area contributed by atoms with E-state index in [-0.39, 0.29) is 5.91 Å². The van der Waals surface area contributed by atoms with Gasteiger partial charge in [-0.3, -0.25) is 4.79 Å². The van der Waals surface area contributed by atoms with Crippen LogP contribution >= 0.6 is 11.3 Å². The summed E-state index contributed by atoms with van der Waals surface area (Å²) in [5, 5.41) is 3.30. The highest BCUT2D eigenvalue weighted by Gasteiger charge is 2.16. The molecule has 0 spiro atoms. The number of rotatable bonds is 8. The molecule has 2 rings (SSSR count). The van der Waals surface area contributed by atoms with Crippen LogP contribution in [-0.4, -0.2) is 23.4 Å². The van der Waals surface area contributed by atoms with E-state index in [1.165, 1.54) is 9.75 Å². The van der Waals surface area contributed by atoms with E-state index >= 15 is 0 Å². The molecule has 0 aliphatic heterocycles. The lowest BCUT2D eigenvalue weighted by Crippen LogP contribution is -2.40. The van der Waals surface area contributed by atoms with E-state index < -0.39 is 0 Å². The molecule has 0 radical (unpaired) electrons. The highest BCUT2D eigenvalue weighted by Crippen LogP contribution is 2.18. The van der Waals surface area contributed by atoms with E-state index in [1.54, 1.807) is 11.3 Å². The highest BCUT2D eigenvalue weighted by molar-refractivity contribution is 7.11. The average Bonchev–Trinajstić information content (AvgIpc) is 2.97. The average molecular weight is 330 g/mol. The Morgan fingerprint density at radius 1 is 1.17 bits per heavy atom. The van der Waals surface area contributed by atoms with Crippen LogP contribution in [0.25, 0.3) is 0 Å². The van der Waals surface area contributed by atoms with Crippen LogP contribution in [0.5, 0.6) is 0 Å². The Morgan fingerprint density at radius 3 is 2.52 bits per heavy atom. The zero-order chi connectivity index (χ0) is 16.7. The van der Waals surface area contributed by atoms with Crippen molar-refractivity contribution < 1.29 is 4.79 Å². The fourth-order valence-electron chi connectivity index (χ4n) is 2.31. The molecule has 1 aromatic carbocycles. The van der Waals surface area contributed by atoms with Crippen LogP contribution in [0.1, 0.15) is 35.6 Å². The summed E-state index contributed by atoms with van der Waals surface area (Å²) in [6.07, 6.45) is 1.02. The quantitative estimate of drug-likeness (QED) is 0.794. The lowest BCUT2D eigenvalue weighted by atomic mass is 10.2. The first-order valence-electron chi connectivity index (χ1n) is 8.19. The van der Waals surface area contributed by atoms with Gasteiger partial charge in [0, 0.05) is 22.3 Å². The van der Waals surface area contributed by atoms with Gasteiger partial charge in [-0.15, -0.1) is 11.3 Å². The fourth-order valence-corrected chi connectivity index (χ4v) is 3.22. The van der Waals surface area contributed by atoms with Gasteiger partial charge in [-0.25, -0.2) is 0 Å². The minimum absolute atomic E-state index is 0.153. The molecule has 0 aliphatic carbocycles. The number of carbonyl (C=O) groups excluding carboxylic acids is 1. The maximum Gasteiger partial charge on any atom is 0.237 e. The van der Waals surface area contributed by atoms with Crippen molar-refractivity contribution in [1.29, 1.82) is 0 Å². The predicted molar refractivity (Wildman–Crippen MR) is 97.5 cm³/mol. The molecule has 0 fully saturated rings. The van der Waals surface area contributed by atoms with Crippen LogP contribution in [0.3, 0.4) is 0 Å². The number of hydrogen-bond donors (Lipinski definition) is 1. The van der Waals surface area contributed by atoms with Gasteiger partial charge in [0.05, 0.1) is 13.1 Å². The van der Waals surface area contributed by atoms with Gasteiger partial charge in [-0.2, -0.15) is 0 Å². The van der Waals surface area contributed by atoms with Crippen molar-refractivity contribution in [2.75, 3.05) is 6.54 Å². The summed E-state index contributed by atoms with van der Waals surface area (Å²) in [6.45, 7) is 8.05. The zero-order valence-corrected chi connectivity index (χ0v) is 15.0. The topological polar surface area (TPSA) is 32.3 Å². The van der Waals surface area contributed by atoms with Gasteiger partial charge in [0.1, 0.15) is 0 Å². The van der Waals surface area contributed by atoms with E-state index in [9.17, 15) is 4.79 Å². The molecule has 1 aromatic heterocycles. The number of nitrogens with zero attached hydrogens (tertiary/aromatic N) is 1. The second-order valence-corrected chi connectivity index (χ2v) is 7.31. The number of carbonyl (C=O) groups is 1. The Bertz CT molecular complexity index is 609. The molecule has 1 heterocycles. The number of nitrogens with one attached hydrogen (secondary N) is 1. The van der Waals surface area contributed by atoms with Gasteiger partial charge in [0.25, 0.3) is 0 Å². The second kappa shape index (κ2) is 8.85. The number of thiophene rings is 1. The fraction of sp³-hybridized carbons (Fsp3) is 0.421. The van der Waals surface area contributed by atoms with Crippen LogP contribution in [0.2, 0.25) is 0 Å². The molecule has 2 aromatic rings. The lowest BCUT2D eigenvalue weighted by Gasteiger charge is -2.23. The first-order chi connectivity index (χ1) is 11.1. The van der Waals surface area contributed by atoms with E-state index in [0.29, 0.717) is 25.7 Å². The molecule has 4 heteroatoms. The van der Waals surface area contributed by atoms with Crippen LogP contribution in [-0.2, 0) is 17.9 Å². The zero-order valence-electron chi connectivity index (χ0n) is 14.2. The van der Waals surface area contributed by atoms with Crippen molar-refractivity contribution in [2.24, 2.45) is 0 Å². The SMILES string of the molecule is CCC(C)NCC(=O)N(Cc1ccccc1)Cc1ccc(C)s1. The van der Waals surface area contributed by atoms with E-state index in [4.69, 9.17) is 0 Å². The smallest absolute Gasteiger partial charge is 0.237 e. The third-order valence-electron chi connectivity index (χ3n) is 3.93. The van der Waals surface area contributed by atoms with Gasteiger partial charge in [0.2, 0.25) is 5.91 Å². The molecule has 1 N–H and O–H groups in total. The van der Waals surface area contributed by atoms with Gasteiger partial charge in [-0.1, -0.05) is 37.3 Å². The molecular weight excluding hydrogens is 304 g/mol. The summed E-state index contributed by atoms with van der Waals surface area (Å²) in [5.74, 6) is 0.153. The first-order valence-corrected chi connectivity index (χ1v) is 9.00. The Balaban J connectivity index is 2.05. The molecule has 23 heavy (non-hydrogen) atoms. The third-order valence-corrected chi connectivity index (χ3v) is 4.91. The van der Waals surface area contributed by atoms with E-state index in [2.05, 4.69) is 50.4 Å². The lowest BCUT2D eigenvalue weighted by molar-refractivity contribution is -0.131. The van der Waals surface area contributed by atoms with Crippen molar-refractivity contribution in [2.45, 2.75) is 46.3 Å². The molecule has 0 saturated carbocycles. The van der Waals surface area contributed by atoms with Crippen molar-refractivity contribution in [3.8, 4) is 0 Å². The Labute approximate surface area is 143 Å². The molecule has 1 atom stereocenters. The first kappa shape index (κ1) is 17.7. The Morgan fingerprint density at radius 2 is 1.91 bits per heavy atom. The van der Waals surface area contributed by atoms with Crippen LogP contribution in [0, 0.1) is 6.92 Å². The molecule has 0 saturated heterocycles. The molecule has 1 unspecified atom stereocenters. The summed E-state index contributed by atoms with van der Waals surface area (Å²) >= 11 is 1.76. The largest absolute Gasteiger partial charge is 0.332 e. The highest BCUT2D eigenvalue weighted by atomic mass is 32.1. The number of benzene rings is 1. The molecule has 3 nitrogen and oxygen atoms in total. The van der Waals surface area contributed by atoms with Crippen molar-refractivity contribution in [3.63, 3.8) is 0 Å². The summed E-state index contributed by atoms with van der Waals surface area (Å²) in [5.41, 5.74) is 1.16. The van der Waals surface area contributed by atoms with Gasteiger partial charge in [-0.05, 0) is 38.0 Å². The number of amides is 1. The van der Waals surface area contributed by atoms with Gasteiger partial charge in [0.15, 0.2) is 0 Å². The third kappa shape index (κ3) is 5.81. The van der Waals surface area contributed by atoms with Crippen molar-refractivity contribution in [1.82, 2.24) is 10.2 Å². The molecule has 124 valence electrons. The standard InChI is InChI=1S/C19H26N2OS/c1-4-15(2)20-12-19(22)21(13-17-8-6-5-7-9-17)14-18-11-10-16(3)23-18/h5-11,15,20H,4,12-14H2,1-3H3.